The summed E-state index contributed by atoms with van der Waals surface area (Å²) < 4.78 is 12.6. The molecule has 2 aromatic carbocycles. The van der Waals surface area contributed by atoms with Crippen LogP contribution >= 0.6 is 0 Å². The van der Waals surface area contributed by atoms with Crippen LogP contribution in [0.3, 0.4) is 0 Å². The third-order valence-electron chi connectivity index (χ3n) is 3.00. The molecule has 100 valence electrons. The Bertz CT molecular complexity index is 642. The molecule has 1 atom stereocenters. The fourth-order valence-corrected chi connectivity index (χ4v) is 3.59. The highest BCUT2D eigenvalue weighted by atomic mass is 32.2. The number of nitrogen functional groups attached to an aromatic ring is 1. The lowest BCUT2D eigenvalue weighted by molar-refractivity contribution is 0.477. The summed E-state index contributed by atoms with van der Waals surface area (Å²) >= 11 is 0. The fraction of sp³-hybridized carbons (Fsp3) is 0.200. The molecule has 2 aromatic rings. The maximum atomic E-state index is 12.6. The van der Waals surface area contributed by atoms with Crippen LogP contribution in [0, 0.1) is 20.8 Å². The zero-order valence-corrected chi connectivity index (χ0v) is 12.0. The van der Waals surface area contributed by atoms with Gasteiger partial charge in [0, 0.05) is 9.79 Å². The highest BCUT2D eigenvalue weighted by Gasteiger charge is 2.14. The predicted molar refractivity (Wildman–Crippen MR) is 77.8 cm³/mol. The molecule has 1 unspecified atom stereocenters. The number of aromatic hydroxyl groups is 1. The van der Waals surface area contributed by atoms with E-state index in [2.05, 4.69) is 0 Å². The number of phenolic OH excluding ortho intramolecular Hbond substituents is 1. The Kier molecular flexibility index (Phi) is 3.62. The molecule has 19 heavy (non-hydrogen) atoms. The normalized spacial score (nSPS) is 12.4. The lowest BCUT2D eigenvalue weighted by Gasteiger charge is -2.11. The Morgan fingerprint density at radius 3 is 2.16 bits per heavy atom. The van der Waals surface area contributed by atoms with Gasteiger partial charge in [-0.2, -0.15) is 0 Å². The first-order valence-electron chi connectivity index (χ1n) is 5.98. The average molecular weight is 275 g/mol. The molecule has 0 bridgehead atoms. The molecule has 0 radical (unpaired) electrons. The van der Waals surface area contributed by atoms with Crippen molar-refractivity contribution in [2.45, 2.75) is 30.6 Å². The number of rotatable bonds is 2. The van der Waals surface area contributed by atoms with E-state index >= 15 is 0 Å². The number of hydrogen-bond acceptors (Lipinski definition) is 3. The summed E-state index contributed by atoms with van der Waals surface area (Å²) in [4.78, 5) is 1.42. The van der Waals surface area contributed by atoms with E-state index in [9.17, 15) is 9.32 Å². The maximum Gasteiger partial charge on any atom is 0.138 e. The second kappa shape index (κ2) is 5.05. The first kappa shape index (κ1) is 13.6. The van der Waals surface area contributed by atoms with Crippen LogP contribution in [-0.2, 0) is 10.8 Å². The quantitative estimate of drug-likeness (QED) is 0.654. The number of hydrogen-bond donors (Lipinski definition) is 2. The van der Waals surface area contributed by atoms with Crippen LogP contribution in [0.2, 0.25) is 0 Å². The number of anilines is 1. The third kappa shape index (κ3) is 2.63. The maximum absolute atomic E-state index is 12.6. The van der Waals surface area contributed by atoms with Crippen molar-refractivity contribution in [2.75, 3.05) is 5.73 Å². The van der Waals surface area contributed by atoms with E-state index in [1.54, 1.807) is 12.1 Å². The topological polar surface area (TPSA) is 63.3 Å². The second-order valence-electron chi connectivity index (χ2n) is 4.72. The second-order valence-corrected chi connectivity index (χ2v) is 6.13. The van der Waals surface area contributed by atoms with Gasteiger partial charge in [-0.15, -0.1) is 0 Å². The average Bonchev–Trinajstić information content (AvgIpc) is 2.31. The summed E-state index contributed by atoms with van der Waals surface area (Å²) in [5.41, 5.74) is 9.05. The molecule has 2 rings (SSSR count). The van der Waals surface area contributed by atoms with Crippen LogP contribution in [0.1, 0.15) is 16.7 Å². The number of aryl methyl sites for hydroxylation is 3. The zero-order chi connectivity index (χ0) is 14.2. The number of phenols is 1. The molecule has 0 amide bonds. The Hall–Kier alpha value is -1.81. The van der Waals surface area contributed by atoms with Crippen molar-refractivity contribution in [3.8, 4) is 5.75 Å². The molecule has 0 spiro atoms. The first-order valence-corrected chi connectivity index (χ1v) is 7.13. The molecule has 0 saturated heterocycles. The molecule has 0 aliphatic heterocycles. The van der Waals surface area contributed by atoms with Gasteiger partial charge >= 0.3 is 0 Å². The van der Waals surface area contributed by atoms with Gasteiger partial charge in [-0.3, -0.25) is 0 Å². The van der Waals surface area contributed by atoms with E-state index in [0.29, 0.717) is 4.90 Å². The van der Waals surface area contributed by atoms with Crippen molar-refractivity contribution in [1.82, 2.24) is 0 Å². The molecule has 0 fully saturated rings. The monoisotopic (exact) mass is 275 g/mol. The molecule has 3 nitrogen and oxygen atoms in total. The van der Waals surface area contributed by atoms with Gasteiger partial charge in [0.15, 0.2) is 0 Å². The van der Waals surface area contributed by atoms with Crippen LogP contribution in [0.5, 0.6) is 5.75 Å². The Labute approximate surface area is 115 Å². The van der Waals surface area contributed by atoms with Gasteiger partial charge < -0.3 is 10.8 Å². The van der Waals surface area contributed by atoms with Crippen LogP contribution in [0.25, 0.3) is 0 Å². The van der Waals surface area contributed by atoms with E-state index < -0.39 is 10.8 Å². The number of nitrogens with two attached hydrogens (primary N) is 1. The standard InChI is InChI=1S/C15H17NO2S/c1-9-6-10(2)15(11(3)7-9)19(18)12-4-5-14(17)13(16)8-12/h4-8,17H,16H2,1-3H3. The minimum atomic E-state index is -1.29. The van der Waals surface area contributed by atoms with Crippen LogP contribution in [0.15, 0.2) is 40.1 Å². The summed E-state index contributed by atoms with van der Waals surface area (Å²) in [6, 6.07) is 8.71. The highest BCUT2D eigenvalue weighted by Crippen LogP contribution is 2.28. The Balaban J connectivity index is 2.53. The molecule has 0 saturated carbocycles. The molecule has 3 N–H and O–H groups in total. The molecule has 0 aliphatic rings. The fourth-order valence-electron chi connectivity index (χ4n) is 2.22. The van der Waals surface area contributed by atoms with Gasteiger partial charge in [0.25, 0.3) is 0 Å². The minimum absolute atomic E-state index is 0.0121. The Morgan fingerprint density at radius 2 is 1.63 bits per heavy atom. The van der Waals surface area contributed by atoms with Gasteiger partial charge in [-0.1, -0.05) is 17.7 Å². The van der Waals surface area contributed by atoms with Gasteiger partial charge in [-0.25, -0.2) is 4.21 Å². The van der Waals surface area contributed by atoms with Gasteiger partial charge in [-0.05, 0) is 50.1 Å². The predicted octanol–water partition coefficient (Wildman–Crippen LogP) is 3.07. The number of benzene rings is 2. The lowest BCUT2D eigenvalue weighted by atomic mass is 10.1. The van der Waals surface area contributed by atoms with E-state index in [4.69, 9.17) is 5.73 Å². The van der Waals surface area contributed by atoms with Crippen molar-refractivity contribution in [3.05, 3.63) is 47.0 Å². The molecule has 4 heteroatoms. The summed E-state index contributed by atoms with van der Waals surface area (Å²) in [6.07, 6.45) is 0. The summed E-state index contributed by atoms with van der Waals surface area (Å²) in [7, 11) is -1.29. The van der Waals surface area contributed by atoms with Crippen molar-refractivity contribution in [3.63, 3.8) is 0 Å². The summed E-state index contributed by atoms with van der Waals surface area (Å²) in [5.74, 6) is 0.0121. The molecule has 0 heterocycles. The molecule has 0 aromatic heterocycles. The SMILES string of the molecule is Cc1cc(C)c(S(=O)c2ccc(O)c(N)c2)c(C)c1. The van der Waals surface area contributed by atoms with Crippen molar-refractivity contribution in [2.24, 2.45) is 0 Å². The van der Waals surface area contributed by atoms with E-state index in [-0.39, 0.29) is 11.4 Å². The van der Waals surface area contributed by atoms with Gasteiger partial charge in [0.2, 0.25) is 0 Å². The summed E-state index contributed by atoms with van der Waals surface area (Å²) in [5, 5.41) is 9.42. The van der Waals surface area contributed by atoms with Crippen LogP contribution in [0.4, 0.5) is 5.69 Å². The lowest BCUT2D eigenvalue weighted by Crippen LogP contribution is -2.00. The Morgan fingerprint density at radius 1 is 1.05 bits per heavy atom. The van der Waals surface area contributed by atoms with Crippen molar-refractivity contribution in [1.29, 1.82) is 0 Å². The van der Waals surface area contributed by atoms with Crippen LogP contribution < -0.4 is 5.73 Å². The molecule has 0 aliphatic carbocycles. The smallest absolute Gasteiger partial charge is 0.138 e. The molecular formula is C15H17NO2S. The zero-order valence-electron chi connectivity index (χ0n) is 11.2. The first-order chi connectivity index (χ1) is 8.90. The van der Waals surface area contributed by atoms with E-state index in [1.807, 2.05) is 32.9 Å². The summed E-state index contributed by atoms with van der Waals surface area (Å²) in [6.45, 7) is 5.93. The van der Waals surface area contributed by atoms with E-state index in [0.717, 1.165) is 21.6 Å². The minimum Gasteiger partial charge on any atom is -0.506 e. The third-order valence-corrected chi connectivity index (χ3v) is 4.70. The van der Waals surface area contributed by atoms with Gasteiger partial charge in [0.05, 0.1) is 16.5 Å². The molecular weight excluding hydrogens is 258 g/mol. The van der Waals surface area contributed by atoms with E-state index in [1.165, 1.54) is 6.07 Å². The van der Waals surface area contributed by atoms with Gasteiger partial charge in [0.1, 0.15) is 5.75 Å². The van der Waals surface area contributed by atoms with Crippen LogP contribution in [-0.4, -0.2) is 9.32 Å². The largest absolute Gasteiger partial charge is 0.506 e. The van der Waals surface area contributed by atoms with Crippen molar-refractivity contribution < 1.29 is 9.32 Å². The van der Waals surface area contributed by atoms with Crippen molar-refractivity contribution >= 4 is 16.5 Å². The highest BCUT2D eigenvalue weighted by molar-refractivity contribution is 7.85.